The zero-order valence-electron chi connectivity index (χ0n) is 10.4. The summed E-state index contributed by atoms with van der Waals surface area (Å²) in [6.07, 6.45) is 1.90. The molecule has 0 spiro atoms. The lowest BCUT2D eigenvalue weighted by atomic mass is 10.2. The Bertz CT molecular complexity index is 515. The monoisotopic (exact) mass is 243 g/mol. The molecule has 2 aromatic rings. The molecule has 0 saturated heterocycles. The molecule has 1 heterocycles. The molecule has 0 aliphatic heterocycles. The molecule has 1 aromatic heterocycles. The number of aryl methyl sites for hydroxylation is 1. The SMILES string of the molecule is Cn1ccc(CNC(N)=NCc2ccccc2)n1. The van der Waals surface area contributed by atoms with E-state index in [1.165, 1.54) is 0 Å². The predicted octanol–water partition coefficient (Wildman–Crippen LogP) is 1.02. The fraction of sp³-hybridized carbons (Fsp3) is 0.231. The number of aliphatic imine (C=N–C) groups is 1. The van der Waals surface area contributed by atoms with Gasteiger partial charge in [-0.2, -0.15) is 5.10 Å². The third-order valence-corrected chi connectivity index (χ3v) is 2.49. The third-order valence-electron chi connectivity index (χ3n) is 2.49. The van der Waals surface area contributed by atoms with Crippen molar-refractivity contribution < 1.29 is 0 Å². The lowest BCUT2D eigenvalue weighted by Gasteiger charge is -2.03. The second-order valence-corrected chi connectivity index (χ2v) is 4.02. The largest absolute Gasteiger partial charge is 0.370 e. The van der Waals surface area contributed by atoms with Gasteiger partial charge in [-0.1, -0.05) is 30.3 Å². The highest BCUT2D eigenvalue weighted by molar-refractivity contribution is 5.77. The molecule has 94 valence electrons. The predicted molar refractivity (Wildman–Crippen MR) is 71.8 cm³/mol. The van der Waals surface area contributed by atoms with Crippen molar-refractivity contribution in [2.75, 3.05) is 0 Å². The number of nitrogens with one attached hydrogen (secondary N) is 1. The highest BCUT2D eigenvalue weighted by atomic mass is 15.3. The highest BCUT2D eigenvalue weighted by Gasteiger charge is 1.97. The number of rotatable bonds is 4. The van der Waals surface area contributed by atoms with Crippen molar-refractivity contribution in [1.82, 2.24) is 15.1 Å². The van der Waals surface area contributed by atoms with Crippen LogP contribution in [0.25, 0.3) is 0 Å². The first kappa shape index (κ1) is 12.2. The maximum Gasteiger partial charge on any atom is 0.189 e. The van der Waals surface area contributed by atoms with E-state index >= 15 is 0 Å². The van der Waals surface area contributed by atoms with Gasteiger partial charge >= 0.3 is 0 Å². The van der Waals surface area contributed by atoms with Crippen molar-refractivity contribution >= 4 is 5.96 Å². The Balaban J connectivity index is 1.82. The maximum atomic E-state index is 5.78. The number of hydrogen-bond acceptors (Lipinski definition) is 2. The minimum absolute atomic E-state index is 0.435. The molecule has 0 unspecified atom stereocenters. The van der Waals surface area contributed by atoms with Gasteiger partial charge in [-0.15, -0.1) is 0 Å². The van der Waals surface area contributed by atoms with Crippen molar-refractivity contribution in [2.24, 2.45) is 17.8 Å². The van der Waals surface area contributed by atoms with Crippen LogP contribution >= 0.6 is 0 Å². The quantitative estimate of drug-likeness (QED) is 0.622. The Morgan fingerprint density at radius 2 is 2.11 bits per heavy atom. The second-order valence-electron chi connectivity index (χ2n) is 4.02. The van der Waals surface area contributed by atoms with Crippen LogP contribution in [0.15, 0.2) is 47.6 Å². The van der Waals surface area contributed by atoms with Gasteiger partial charge in [0.25, 0.3) is 0 Å². The summed E-state index contributed by atoms with van der Waals surface area (Å²) in [6.45, 7) is 1.17. The molecule has 18 heavy (non-hydrogen) atoms. The van der Waals surface area contributed by atoms with Crippen LogP contribution in [-0.4, -0.2) is 15.7 Å². The Hall–Kier alpha value is -2.30. The van der Waals surface area contributed by atoms with E-state index in [4.69, 9.17) is 5.73 Å². The molecule has 3 N–H and O–H groups in total. The summed E-state index contributed by atoms with van der Waals surface area (Å²) in [5, 5.41) is 7.28. The minimum atomic E-state index is 0.435. The highest BCUT2D eigenvalue weighted by Crippen LogP contribution is 1.99. The molecular formula is C13H17N5. The average molecular weight is 243 g/mol. The lowest BCUT2D eigenvalue weighted by molar-refractivity contribution is 0.728. The summed E-state index contributed by atoms with van der Waals surface area (Å²) in [4.78, 5) is 4.27. The molecule has 0 radical (unpaired) electrons. The molecule has 0 saturated carbocycles. The summed E-state index contributed by atoms with van der Waals surface area (Å²) < 4.78 is 1.76. The number of benzene rings is 1. The average Bonchev–Trinajstić information content (AvgIpc) is 2.81. The lowest BCUT2D eigenvalue weighted by Crippen LogP contribution is -2.31. The molecule has 0 aliphatic carbocycles. The standard InChI is InChI=1S/C13H17N5/c1-18-8-7-12(17-18)10-16-13(14)15-9-11-5-3-2-4-6-11/h2-8H,9-10H2,1H3,(H3,14,15,16). The molecule has 5 heteroatoms. The van der Waals surface area contributed by atoms with Gasteiger partial charge in [-0.25, -0.2) is 4.99 Å². The fourth-order valence-electron chi connectivity index (χ4n) is 1.55. The Morgan fingerprint density at radius 3 is 2.78 bits per heavy atom. The van der Waals surface area contributed by atoms with Gasteiger partial charge in [0.2, 0.25) is 0 Å². The van der Waals surface area contributed by atoms with E-state index < -0.39 is 0 Å². The van der Waals surface area contributed by atoms with E-state index in [9.17, 15) is 0 Å². The van der Waals surface area contributed by atoms with Gasteiger partial charge in [-0.05, 0) is 11.6 Å². The van der Waals surface area contributed by atoms with Crippen LogP contribution in [0.5, 0.6) is 0 Å². The van der Waals surface area contributed by atoms with Gasteiger partial charge in [0.05, 0.1) is 18.8 Å². The maximum absolute atomic E-state index is 5.78. The van der Waals surface area contributed by atoms with Gasteiger partial charge < -0.3 is 11.1 Å². The first-order valence-electron chi connectivity index (χ1n) is 5.80. The first-order chi connectivity index (χ1) is 8.74. The van der Waals surface area contributed by atoms with E-state index in [0.29, 0.717) is 19.0 Å². The Kier molecular flexibility index (Phi) is 3.96. The number of nitrogens with two attached hydrogens (primary N) is 1. The number of hydrogen-bond donors (Lipinski definition) is 2. The van der Waals surface area contributed by atoms with Crippen molar-refractivity contribution in [2.45, 2.75) is 13.1 Å². The molecule has 2 rings (SSSR count). The van der Waals surface area contributed by atoms with Crippen LogP contribution in [0, 0.1) is 0 Å². The van der Waals surface area contributed by atoms with Crippen molar-refractivity contribution in [3.05, 3.63) is 53.9 Å². The van der Waals surface area contributed by atoms with E-state index in [-0.39, 0.29) is 0 Å². The molecule has 0 fully saturated rings. The zero-order chi connectivity index (χ0) is 12.8. The van der Waals surface area contributed by atoms with E-state index in [1.54, 1.807) is 4.68 Å². The Morgan fingerprint density at radius 1 is 1.33 bits per heavy atom. The fourth-order valence-corrected chi connectivity index (χ4v) is 1.55. The Labute approximate surface area is 106 Å². The molecule has 0 bridgehead atoms. The molecule has 1 aromatic carbocycles. The van der Waals surface area contributed by atoms with Crippen LogP contribution < -0.4 is 11.1 Å². The van der Waals surface area contributed by atoms with Gasteiger partial charge in [-0.3, -0.25) is 4.68 Å². The molecule has 0 amide bonds. The van der Waals surface area contributed by atoms with Crippen LogP contribution in [0.2, 0.25) is 0 Å². The summed E-state index contributed by atoms with van der Waals surface area (Å²) >= 11 is 0. The normalized spacial score (nSPS) is 11.5. The van der Waals surface area contributed by atoms with Gasteiger partial charge in [0.1, 0.15) is 0 Å². The van der Waals surface area contributed by atoms with Crippen LogP contribution in [0.1, 0.15) is 11.3 Å². The van der Waals surface area contributed by atoms with Crippen LogP contribution in [-0.2, 0) is 20.1 Å². The third kappa shape index (κ3) is 3.62. The van der Waals surface area contributed by atoms with Gasteiger partial charge in [0.15, 0.2) is 5.96 Å². The minimum Gasteiger partial charge on any atom is -0.370 e. The van der Waals surface area contributed by atoms with E-state index in [0.717, 1.165) is 11.3 Å². The number of nitrogens with zero attached hydrogens (tertiary/aromatic N) is 3. The number of aromatic nitrogens is 2. The summed E-state index contributed by atoms with van der Waals surface area (Å²) in [7, 11) is 1.89. The summed E-state index contributed by atoms with van der Waals surface area (Å²) in [6, 6.07) is 11.9. The van der Waals surface area contributed by atoms with E-state index in [2.05, 4.69) is 15.4 Å². The van der Waals surface area contributed by atoms with Gasteiger partial charge in [0, 0.05) is 13.2 Å². The molecular weight excluding hydrogens is 226 g/mol. The van der Waals surface area contributed by atoms with Crippen molar-refractivity contribution in [3.8, 4) is 0 Å². The zero-order valence-corrected chi connectivity index (χ0v) is 10.4. The van der Waals surface area contributed by atoms with Crippen LogP contribution in [0.4, 0.5) is 0 Å². The van der Waals surface area contributed by atoms with Crippen molar-refractivity contribution in [3.63, 3.8) is 0 Å². The first-order valence-corrected chi connectivity index (χ1v) is 5.80. The molecule has 0 atom stereocenters. The summed E-state index contributed by atoms with van der Waals surface area (Å²) in [5.74, 6) is 0.435. The topological polar surface area (TPSA) is 68.2 Å². The molecule has 5 nitrogen and oxygen atoms in total. The molecule has 0 aliphatic rings. The number of guanidine groups is 1. The summed E-state index contributed by atoms with van der Waals surface area (Å²) in [5.41, 5.74) is 7.86. The van der Waals surface area contributed by atoms with E-state index in [1.807, 2.05) is 49.6 Å². The smallest absolute Gasteiger partial charge is 0.189 e. The van der Waals surface area contributed by atoms with Crippen LogP contribution in [0.3, 0.4) is 0 Å². The second kappa shape index (κ2) is 5.86. The van der Waals surface area contributed by atoms with Crippen molar-refractivity contribution in [1.29, 1.82) is 0 Å².